The number of rotatable bonds is 0. The molecular formula is C12H14ClN. The second kappa shape index (κ2) is 3.63. The van der Waals surface area contributed by atoms with E-state index in [1.807, 2.05) is 19.1 Å². The smallest absolute Gasteiger partial charge is 0.195 e. The molecule has 0 aliphatic rings. The van der Waals surface area contributed by atoms with Crippen molar-refractivity contribution in [1.82, 2.24) is 0 Å². The Balaban J connectivity index is 3.49. The molecule has 0 atom stereocenters. The average Bonchev–Trinajstić information content (AvgIpc) is 2.07. The number of halogens is 1. The lowest BCUT2D eigenvalue weighted by molar-refractivity contribution is 0.592. The summed E-state index contributed by atoms with van der Waals surface area (Å²) in [6, 6.07) is 3.81. The molecule has 0 N–H and O–H groups in total. The highest BCUT2D eigenvalue weighted by Gasteiger charge is 2.20. The molecule has 2 heteroatoms. The van der Waals surface area contributed by atoms with Gasteiger partial charge in [0, 0.05) is 5.02 Å². The van der Waals surface area contributed by atoms with Crippen molar-refractivity contribution in [2.24, 2.45) is 0 Å². The van der Waals surface area contributed by atoms with E-state index in [2.05, 4.69) is 25.6 Å². The van der Waals surface area contributed by atoms with E-state index in [4.69, 9.17) is 18.2 Å². The molecule has 1 nitrogen and oxygen atoms in total. The van der Waals surface area contributed by atoms with E-state index < -0.39 is 0 Å². The molecule has 0 saturated carbocycles. The Labute approximate surface area is 90.5 Å². The van der Waals surface area contributed by atoms with E-state index in [1.54, 1.807) is 0 Å². The van der Waals surface area contributed by atoms with Gasteiger partial charge in [-0.1, -0.05) is 38.4 Å². The summed E-state index contributed by atoms with van der Waals surface area (Å²) in [6.45, 7) is 15.4. The summed E-state index contributed by atoms with van der Waals surface area (Å²) in [4.78, 5) is 3.56. The summed E-state index contributed by atoms with van der Waals surface area (Å²) < 4.78 is 0. The van der Waals surface area contributed by atoms with Gasteiger partial charge in [-0.25, -0.2) is 4.85 Å². The van der Waals surface area contributed by atoms with Gasteiger partial charge in [0.1, 0.15) is 0 Å². The van der Waals surface area contributed by atoms with Crippen molar-refractivity contribution in [3.05, 3.63) is 39.7 Å². The topological polar surface area (TPSA) is 4.36 Å². The molecule has 0 bridgehead atoms. The molecule has 0 fully saturated rings. The summed E-state index contributed by atoms with van der Waals surface area (Å²) in [5.74, 6) is 0. The highest BCUT2D eigenvalue weighted by Crippen LogP contribution is 2.37. The zero-order valence-corrected chi connectivity index (χ0v) is 9.74. The fraction of sp³-hybridized carbons (Fsp3) is 0.417. The van der Waals surface area contributed by atoms with Crippen LogP contribution < -0.4 is 0 Å². The van der Waals surface area contributed by atoms with Gasteiger partial charge in [-0.05, 0) is 29.5 Å². The van der Waals surface area contributed by atoms with Crippen LogP contribution in [0, 0.1) is 13.5 Å². The lowest BCUT2D eigenvalue weighted by Crippen LogP contribution is -2.11. The second-order valence-electron chi connectivity index (χ2n) is 4.43. The minimum atomic E-state index is -0.00473. The molecule has 1 aromatic carbocycles. The quantitative estimate of drug-likeness (QED) is 0.552. The average molecular weight is 208 g/mol. The molecule has 0 aromatic heterocycles. The fourth-order valence-electron chi connectivity index (χ4n) is 1.42. The molecule has 0 unspecified atom stereocenters. The van der Waals surface area contributed by atoms with Crippen molar-refractivity contribution in [3.63, 3.8) is 0 Å². The number of hydrogen-bond acceptors (Lipinski definition) is 0. The first-order chi connectivity index (χ1) is 6.38. The first-order valence-electron chi connectivity index (χ1n) is 4.55. The van der Waals surface area contributed by atoms with E-state index in [0.717, 1.165) is 11.1 Å². The molecule has 1 aromatic rings. The van der Waals surface area contributed by atoms with Crippen LogP contribution in [0.25, 0.3) is 4.85 Å². The van der Waals surface area contributed by atoms with Crippen molar-refractivity contribution in [3.8, 4) is 0 Å². The molecule has 0 radical (unpaired) electrons. The van der Waals surface area contributed by atoms with Crippen molar-refractivity contribution in [1.29, 1.82) is 0 Å². The monoisotopic (exact) mass is 207 g/mol. The van der Waals surface area contributed by atoms with E-state index in [-0.39, 0.29) is 5.41 Å². The Bertz CT molecular complexity index is 394. The summed E-state index contributed by atoms with van der Waals surface area (Å²) in [7, 11) is 0. The van der Waals surface area contributed by atoms with Crippen LogP contribution in [0.15, 0.2) is 12.1 Å². The van der Waals surface area contributed by atoms with Crippen molar-refractivity contribution < 1.29 is 0 Å². The molecule has 0 amide bonds. The minimum absolute atomic E-state index is 0.00473. The molecule has 0 aliphatic heterocycles. The maximum Gasteiger partial charge on any atom is 0.195 e. The van der Waals surface area contributed by atoms with Gasteiger partial charge in [-0.2, -0.15) is 0 Å². The maximum absolute atomic E-state index is 7.17. The molecule has 14 heavy (non-hydrogen) atoms. The third-order valence-electron chi connectivity index (χ3n) is 2.28. The van der Waals surface area contributed by atoms with Gasteiger partial charge in [0.2, 0.25) is 0 Å². The summed E-state index contributed by atoms with van der Waals surface area (Å²) in [5, 5.41) is 0.670. The Kier molecular flexibility index (Phi) is 2.87. The zero-order valence-electron chi connectivity index (χ0n) is 8.98. The fourth-order valence-corrected chi connectivity index (χ4v) is 1.58. The summed E-state index contributed by atoms with van der Waals surface area (Å²) in [5.41, 5.74) is 2.64. The first-order valence-corrected chi connectivity index (χ1v) is 4.92. The summed E-state index contributed by atoms with van der Waals surface area (Å²) in [6.07, 6.45) is 0. The molecule has 74 valence electrons. The highest BCUT2D eigenvalue weighted by atomic mass is 35.5. The lowest BCUT2D eigenvalue weighted by Gasteiger charge is -2.22. The molecule has 1 rings (SSSR count). The van der Waals surface area contributed by atoms with Crippen molar-refractivity contribution >= 4 is 17.3 Å². The van der Waals surface area contributed by atoms with Crippen LogP contribution in [0.4, 0.5) is 5.69 Å². The lowest BCUT2D eigenvalue weighted by atomic mass is 9.85. The van der Waals surface area contributed by atoms with E-state index in [0.29, 0.717) is 10.7 Å². The largest absolute Gasteiger partial charge is 0.238 e. The number of hydrogen-bond donors (Lipinski definition) is 0. The predicted octanol–water partition coefficient (Wildman–Crippen LogP) is 4.50. The van der Waals surface area contributed by atoms with Crippen LogP contribution in [0.3, 0.4) is 0 Å². The Morgan fingerprint density at radius 3 is 2.29 bits per heavy atom. The first kappa shape index (κ1) is 11.1. The van der Waals surface area contributed by atoms with Crippen LogP contribution >= 0.6 is 11.6 Å². The van der Waals surface area contributed by atoms with Crippen LogP contribution in [0.2, 0.25) is 5.02 Å². The third-order valence-corrected chi connectivity index (χ3v) is 2.69. The predicted molar refractivity (Wildman–Crippen MR) is 61.2 cm³/mol. The van der Waals surface area contributed by atoms with E-state index in [1.165, 1.54) is 0 Å². The highest BCUT2D eigenvalue weighted by molar-refractivity contribution is 6.31. The van der Waals surface area contributed by atoms with E-state index >= 15 is 0 Å². The SMILES string of the molecule is [C-]#[N+]c1c(C(C)(C)C)ccc(Cl)c1C. The van der Waals surface area contributed by atoms with Gasteiger partial charge < -0.3 is 0 Å². The van der Waals surface area contributed by atoms with Crippen LogP contribution in [-0.2, 0) is 5.41 Å². The van der Waals surface area contributed by atoms with Crippen molar-refractivity contribution in [2.45, 2.75) is 33.1 Å². The third kappa shape index (κ3) is 1.91. The maximum atomic E-state index is 7.17. The Morgan fingerprint density at radius 1 is 1.29 bits per heavy atom. The van der Waals surface area contributed by atoms with Gasteiger partial charge in [0.25, 0.3) is 0 Å². The number of benzene rings is 1. The Hall–Kier alpha value is -1.00. The van der Waals surface area contributed by atoms with E-state index in [9.17, 15) is 0 Å². The van der Waals surface area contributed by atoms with Crippen LogP contribution in [-0.4, -0.2) is 0 Å². The van der Waals surface area contributed by atoms with Gasteiger partial charge in [0.05, 0.1) is 6.57 Å². The van der Waals surface area contributed by atoms with Gasteiger partial charge in [0.15, 0.2) is 5.69 Å². The van der Waals surface area contributed by atoms with Crippen LogP contribution in [0.5, 0.6) is 0 Å². The Morgan fingerprint density at radius 2 is 1.86 bits per heavy atom. The van der Waals surface area contributed by atoms with Gasteiger partial charge >= 0.3 is 0 Å². The molecule has 0 heterocycles. The number of nitrogens with zero attached hydrogens (tertiary/aromatic N) is 1. The second-order valence-corrected chi connectivity index (χ2v) is 4.84. The normalized spacial score (nSPS) is 11.1. The van der Waals surface area contributed by atoms with Crippen molar-refractivity contribution in [2.75, 3.05) is 0 Å². The van der Waals surface area contributed by atoms with Gasteiger partial charge in [-0.15, -0.1) is 0 Å². The zero-order chi connectivity index (χ0) is 10.9. The standard InChI is InChI=1S/C12H14ClN/c1-8-10(13)7-6-9(11(8)14-5)12(2,3)4/h6-7H,1-4H3. The summed E-state index contributed by atoms with van der Waals surface area (Å²) >= 11 is 5.97. The minimum Gasteiger partial charge on any atom is -0.238 e. The molecule has 0 spiro atoms. The van der Waals surface area contributed by atoms with Crippen LogP contribution in [0.1, 0.15) is 31.9 Å². The molecule has 0 aliphatic carbocycles. The van der Waals surface area contributed by atoms with Gasteiger partial charge in [-0.3, -0.25) is 0 Å². The molecular weight excluding hydrogens is 194 g/mol. The molecule has 0 saturated heterocycles.